The number of rotatable bonds is 0. The van der Waals surface area contributed by atoms with Crippen molar-refractivity contribution >= 4 is 16.5 Å². The van der Waals surface area contributed by atoms with Gasteiger partial charge in [0.05, 0.1) is 17.4 Å². The minimum absolute atomic E-state index is 0.0864. The highest BCUT2D eigenvalue weighted by Gasteiger charge is 2.50. The highest BCUT2D eigenvalue weighted by Crippen LogP contribution is 2.54. The fourth-order valence-corrected chi connectivity index (χ4v) is 7.74. The van der Waals surface area contributed by atoms with Crippen molar-refractivity contribution in [2.45, 2.75) is 56.8 Å². The Balaban J connectivity index is 1.41. The molecule has 8 rings (SSSR count). The van der Waals surface area contributed by atoms with Crippen LogP contribution in [0.3, 0.4) is 0 Å². The maximum absolute atomic E-state index is 15.9. The van der Waals surface area contributed by atoms with Gasteiger partial charge >= 0.3 is 6.18 Å². The number of hydrogen-bond acceptors (Lipinski definition) is 1. The quantitative estimate of drug-likeness (QED) is 0.142. The molecule has 2 unspecified atom stereocenters. The van der Waals surface area contributed by atoms with E-state index < -0.39 is 17.3 Å². The van der Waals surface area contributed by atoms with Crippen LogP contribution >= 0.6 is 0 Å². The highest BCUT2D eigenvalue weighted by molar-refractivity contribution is 6.01. The molecule has 2 aliphatic heterocycles. The lowest BCUT2D eigenvalue weighted by molar-refractivity contribution is -0.719. The van der Waals surface area contributed by atoms with Crippen LogP contribution in [0.4, 0.5) is 17.6 Å². The van der Waals surface area contributed by atoms with Gasteiger partial charge in [-0.25, -0.2) is 4.39 Å². The Kier molecular flexibility index (Phi) is 5.06. The molecule has 0 radical (unpaired) electrons. The third-order valence-corrected chi connectivity index (χ3v) is 9.58. The van der Waals surface area contributed by atoms with Crippen LogP contribution in [0.2, 0.25) is 0 Å². The fraction of sp³-hybridized carbons (Fsp3) is 0.265. The van der Waals surface area contributed by atoms with Gasteiger partial charge in [0.1, 0.15) is 11.5 Å². The van der Waals surface area contributed by atoms with Crippen LogP contribution < -0.4 is 9.13 Å². The molecular weight excluding hydrogens is 540 g/mol. The number of alkyl halides is 3. The second-order valence-electron chi connectivity index (χ2n) is 12.2. The molecule has 0 spiro atoms. The molecule has 1 aliphatic carbocycles. The number of benzene rings is 2. The zero-order valence-corrected chi connectivity index (χ0v) is 23.2. The summed E-state index contributed by atoms with van der Waals surface area (Å²) in [4.78, 5) is 0. The molecule has 5 heterocycles. The van der Waals surface area contributed by atoms with Gasteiger partial charge in [0.2, 0.25) is 11.4 Å². The summed E-state index contributed by atoms with van der Waals surface area (Å²) >= 11 is 0. The van der Waals surface area contributed by atoms with E-state index in [1.165, 1.54) is 4.68 Å². The lowest BCUT2D eigenvalue weighted by Gasteiger charge is -2.39. The van der Waals surface area contributed by atoms with Crippen LogP contribution in [0, 0.1) is 5.82 Å². The first kappa shape index (κ1) is 25.4. The summed E-state index contributed by atoms with van der Waals surface area (Å²) in [6.45, 7) is 8.87. The van der Waals surface area contributed by atoms with E-state index in [9.17, 15) is 13.2 Å². The average molecular weight is 569 g/mol. The number of halogens is 4. The Morgan fingerprint density at radius 2 is 1.86 bits per heavy atom. The number of aryl methyl sites for hydroxylation is 1. The summed E-state index contributed by atoms with van der Waals surface area (Å²) in [5.41, 5.74) is 4.99. The van der Waals surface area contributed by atoms with Crippen molar-refractivity contribution in [1.82, 2.24) is 9.78 Å². The second kappa shape index (κ2) is 8.37. The van der Waals surface area contributed by atoms with Gasteiger partial charge in [0.15, 0.2) is 29.8 Å². The van der Waals surface area contributed by atoms with Gasteiger partial charge in [-0.15, -0.1) is 0 Å². The fourth-order valence-electron chi connectivity index (χ4n) is 7.74. The summed E-state index contributed by atoms with van der Waals surface area (Å²) in [5.74, 6) is -0.349. The van der Waals surface area contributed by atoms with Crippen LogP contribution in [0.25, 0.3) is 39.1 Å². The van der Waals surface area contributed by atoms with Gasteiger partial charge in [0, 0.05) is 47.7 Å². The van der Waals surface area contributed by atoms with Gasteiger partial charge in [-0.3, -0.25) is 4.68 Å². The molecule has 2 atom stereocenters. The van der Waals surface area contributed by atoms with Crippen LogP contribution in [-0.2, 0) is 18.1 Å². The number of nitrogens with zero attached hydrogens (tertiary/aromatic N) is 4. The molecule has 0 N–H and O–H groups in total. The normalized spacial score (nSPS) is 20.1. The predicted octanol–water partition coefficient (Wildman–Crippen LogP) is 7.35. The van der Waals surface area contributed by atoms with Gasteiger partial charge in [-0.05, 0) is 41.6 Å². The van der Waals surface area contributed by atoms with E-state index in [1.807, 2.05) is 41.1 Å². The smallest absolute Gasteiger partial charge is 0.258 e. The van der Waals surface area contributed by atoms with Crippen molar-refractivity contribution in [2.75, 3.05) is 0 Å². The van der Waals surface area contributed by atoms with Crippen LogP contribution in [0.15, 0.2) is 79.6 Å². The zero-order valence-electron chi connectivity index (χ0n) is 23.2. The third kappa shape index (κ3) is 3.32. The zero-order chi connectivity index (χ0) is 29.1. The van der Waals surface area contributed by atoms with Gasteiger partial charge in [-0.1, -0.05) is 38.1 Å². The Hall–Kier alpha value is -4.33. The summed E-state index contributed by atoms with van der Waals surface area (Å²) in [5, 5.41) is 6.27. The first-order chi connectivity index (χ1) is 20.1. The Bertz CT molecular complexity index is 1980. The first-order valence-electron chi connectivity index (χ1n) is 14.2. The van der Waals surface area contributed by atoms with Gasteiger partial charge in [0.25, 0.3) is 0 Å². The molecule has 2 aromatic carbocycles. The van der Waals surface area contributed by atoms with E-state index in [2.05, 4.69) is 54.5 Å². The molecule has 42 heavy (non-hydrogen) atoms. The summed E-state index contributed by atoms with van der Waals surface area (Å²) < 4.78 is 63.1. The van der Waals surface area contributed by atoms with Crippen molar-refractivity contribution in [3.8, 4) is 22.6 Å². The maximum Gasteiger partial charge on any atom is 0.435 e. The van der Waals surface area contributed by atoms with Crippen molar-refractivity contribution < 1.29 is 26.7 Å². The Morgan fingerprint density at radius 3 is 2.67 bits per heavy atom. The summed E-state index contributed by atoms with van der Waals surface area (Å²) in [7, 11) is 0. The second-order valence-corrected chi connectivity index (χ2v) is 12.2. The molecule has 0 saturated heterocycles. The minimum Gasteiger partial charge on any atom is -0.258 e. The Morgan fingerprint density at radius 1 is 1.02 bits per heavy atom. The largest absolute Gasteiger partial charge is 0.435 e. The summed E-state index contributed by atoms with van der Waals surface area (Å²) in [6, 6.07) is 18.3. The van der Waals surface area contributed by atoms with E-state index in [0.717, 1.165) is 44.9 Å². The molecule has 3 aliphatic rings. The lowest BCUT2D eigenvalue weighted by Crippen LogP contribution is -2.51. The predicted molar refractivity (Wildman–Crippen MR) is 151 cm³/mol. The number of fused-ring (bicyclic) bond motifs is 6. The van der Waals surface area contributed by atoms with Crippen molar-refractivity contribution in [1.29, 1.82) is 0 Å². The molecule has 0 fully saturated rings. The molecule has 3 aromatic heterocycles. The SMILES string of the molecule is C=C1CC2C(CCn3nc(C(F)(F)F)cc3-c3cccc[n+]31)c1ccc(F)c3c1-c1c4c(cccc4cc[n+]12)C3(C)C. The van der Waals surface area contributed by atoms with E-state index in [0.29, 0.717) is 29.8 Å². The van der Waals surface area contributed by atoms with Crippen molar-refractivity contribution in [3.63, 3.8) is 0 Å². The van der Waals surface area contributed by atoms with E-state index >= 15 is 4.39 Å². The highest BCUT2D eigenvalue weighted by atomic mass is 19.4. The molecule has 5 aromatic rings. The number of hydrogen-bond donors (Lipinski definition) is 0. The monoisotopic (exact) mass is 568 g/mol. The van der Waals surface area contributed by atoms with Gasteiger partial charge in [-0.2, -0.15) is 27.4 Å². The van der Waals surface area contributed by atoms with E-state index in [4.69, 9.17) is 0 Å². The maximum atomic E-state index is 15.9. The van der Waals surface area contributed by atoms with Gasteiger partial charge < -0.3 is 0 Å². The summed E-state index contributed by atoms with van der Waals surface area (Å²) in [6.07, 6.45) is 0.457. The first-order valence-corrected chi connectivity index (χ1v) is 14.2. The van der Waals surface area contributed by atoms with Crippen LogP contribution in [0.1, 0.15) is 61.0 Å². The number of allylic oxidation sites excluding steroid dienone is 1. The van der Waals surface area contributed by atoms with E-state index in [-0.39, 0.29) is 24.3 Å². The topological polar surface area (TPSA) is 25.6 Å². The molecule has 0 amide bonds. The van der Waals surface area contributed by atoms with Crippen LogP contribution in [-0.4, -0.2) is 9.78 Å². The van der Waals surface area contributed by atoms with Crippen molar-refractivity contribution in [2.24, 2.45) is 0 Å². The molecule has 210 valence electrons. The molecular formula is C34H28F4N4+2. The molecule has 4 nitrogen and oxygen atoms in total. The standard InChI is InChI=1S/C34H28F4N4/c1-19-17-26-21(13-16-42-27(18-28(39-42)34(36,37)38)25-9-4-5-14-40(19)25)22-10-11-24(35)31-30(22)32-29-20(12-15-41(26)32)7-6-8-23(29)33(31,2)3/h4-12,14-15,18,21,26H,1,13,16-17H2,2-3H3/q+2. The van der Waals surface area contributed by atoms with Crippen molar-refractivity contribution in [3.05, 3.63) is 108 Å². The molecule has 8 heteroatoms. The molecule has 0 saturated carbocycles. The van der Waals surface area contributed by atoms with Crippen LogP contribution in [0.5, 0.6) is 0 Å². The van der Waals surface area contributed by atoms with E-state index in [1.54, 1.807) is 6.07 Å². The third-order valence-electron chi connectivity index (χ3n) is 9.58. The lowest BCUT2D eigenvalue weighted by atomic mass is 9.65. The molecule has 0 bridgehead atoms. The minimum atomic E-state index is -4.57. The Labute approximate surface area is 240 Å². The number of aromatic nitrogens is 4. The number of pyridine rings is 2. The average Bonchev–Trinajstić information content (AvgIpc) is 3.40.